The van der Waals surface area contributed by atoms with Crippen LogP contribution >= 0.6 is 27.3 Å². The molecule has 5 nitrogen and oxygen atoms in total. The van der Waals surface area contributed by atoms with Crippen molar-refractivity contribution in [2.75, 3.05) is 19.0 Å². The number of ether oxygens (including phenoxy) is 2. The van der Waals surface area contributed by atoms with Crippen molar-refractivity contribution >= 4 is 44.4 Å². The van der Waals surface area contributed by atoms with Crippen LogP contribution in [0.2, 0.25) is 0 Å². The number of carbonyl (C=O) groups is 1. The number of halogens is 1. The molecule has 168 valence electrons. The summed E-state index contributed by atoms with van der Waals surface area (Å²) in [5, 5.41) is 5.30. The zero-order valence-electron chi connectivity index (χ0n) is 18.3. The number of benzene rings is 2. The molecule has 32 heavy (non-hydrogen) atoms. The van der Waals surface area contributed by atoms with Gasteiger partial charge in [-0.05, 0) is 42.3 Å². The Kier molecular flexibility index (Phi) is 9.31. The molecule has 0 saturated heterocycles. The van der Waals surface area contributed by atoms with E-state index in [9.17, 15) is 4.79 Å². The largest absolute Gasteiger partial charge is 0.493 e. The lowest BCUT2D eigenvalue weighted by atomic mass is 10.2. The second-order valence-electron chi connectivity index (χ2n) is 7.19. The first-order valence-electron chi connectivity index (χ1n) is 10.6. The molecule has 0 aliphatic heterocycles. The molecule has 0 bridgehead atoms. The summed E-state index contributed by atoms with van der Waals surface area (Å²) in [4.78, 5) is 16.8. The van der Waals surface area contributed by atoms with Crippen molar-refractivity contribution in [1.29, 1.82) is 0 Å². The minimum atomic E-state index is -0.239. The second-order valence-corrected chi connectivity index (χ2v) is 8.96. The molecule has 1 amide bonds. The summed E-state index contributed by atoms with van der Waals surface area (Å²) in [5.41, 5.74) is 2.68. The molecule has 1 aromatic heterocycles. The second kappa shape index (κ2) is 12.4. The quantitative estimate of drug-likeness (QED) is 0.217. The van der Waals surface area contributed by atoms with Gasteiger partial charge in [0.2, 0.25) is 5.91 Å². The number of amides is 1. The van der Waals surface area contributed by atoms with Crippen molar-refractivity contribution in [3.63, 3.8) is 0 Å². The number of methoxy groups -OCH3 is 1. The van der Waals surface area contributed by atoms with Gasteiger partial charge in [0.15, 0.2) is 16.6 Å². The Morgan fingerprint density at radius 1 is 1.12 bits per heavy atom. The number of hydrogen-bond donors (Lipinski definition) is 1. The lowest BCUT2D eigenvalue weighted by molar-refractivity contribution is -0.111. The predicted octanol–water partition coefficient (Wildman–Crippen LogP) is 7.19. The van der Waals surface area contributed by atoms with Gasteiger partial charge in [-0.2, -0.15) is 0 Å². The van der Waals surface area contributed by atoms with Crippen LogP contribution in [0.25, 0.3) is 17.3 Å². The topological polar surface area (TPSA) is 60.5 Å². The summed E-state index contributed by atoms with van der Waals surface area (Å²) in [5.74, 6) is 1.13. The number of carbonyl (C=O) groups excluding carboxylic acids is 1. The Bertz CT molecular complexity index is 1050. The standard InChI is InChI=1S/C25H27BrN2O3S/c1-3-4-5-6-15-31-22-13-7-18(16-23(22)30-2)8-14-24(29)28-25-27-21(17-32-25)19-9-11-20(26)12-10-19/h7-14,16-17H,3-6,15H2,1-2H3,(H,27,28,29). The van der Waals surface area contributed by atoms with E-state index in [-0.39, 0.29) is 5.91 Å². The van der Waals surface area contributed by atoms with Crippen LogP contribution in [0.4, 0.5) is 5.13 Å². The molecule has 1 N–H and O–H groups in total. The number of anilines is 1. The van der Waals surface area contributed by atoms with Crippen LogP contribution in [-0.2, 0) is 4.79 Å². The van der Waals surface area contributed by atoms with E-state index in [0.29, 0.717) is 23.2 Å². The van der Waals surface area contributed by atoms with Gasteiger partial charge in [0.25, 0.3) is 0 Å². The molecule has 2 aromatic carbocycles. The van der Waals surface area contributed by atoms with Crippen LogP contribution in [0, 0.1) is 0 Å². The fraction of sp³-hybridized carbons (Fsp3) is 0.280. The lowest BCUT2D eigenvalue weighted by Crippen LogP contribution is -2.07. The molecule has 0 aliphatic carbocycles. The van der Waals surface area contributed by atoms with E-state index >= 15 is 0 Å². The van der Waals surface area contributed by atoms with Gasteiger partial charge in [-0.1, -0.05) is 60.3 Å². The smallest absolute Gasteiger partial charge is 0.250 e. The van der Waals surface area contributed by atoms with Gasteiger partial charge < -0.3 is 9.47 Å². The van der Waals surface area contributed by atoms with Gasteiger partial charge in [0.05, 0.1) is 19.4 Å². The van der Waals surface area contributed by atoms with Gasteiger partial charge >= 0.3 is 0 Å². The SMILES string of the molecule is CCCCCCOc1ccc(C=CC(=O)Nc2nc(-c3ccc(Br)cc3)cs2)cc1OC. The third kappa shape index (κ3) is 7.21. The van der Waals surface area contributed by atoms with Crippen LogP contribution < -0.4 is 14.8 Å². The highest BCUT2D eigenvalue weighted by atomic mass is 79.9. The van der Waals surface area contributed by atoms with Crippen LogP contribution in [-0.4, -0.2) is 24.6 Å². The minimum absolute atomic E-state index is 0.239. The Balaban J connectivity index is 1.56. The summed E-state index contributed by atoms with van der Waals surface area (Å²) in [6.07, 6.45) is 7.84. The van der Waals surface area contributed by atoms with Crippen LogP contribution in [0.3, 0.4) is 0 Å². The fourth-order valence-electron chi connectivity index (χ4n) is 3.02. The van der Waals surface area contributed by atoms with Gasteiger partial charge in [-0.15, -0.1) is 11.3 Å². The number of hydrogen-bond acceptors (Lipinski definition) is 5. The summed E-state index contributed by atoms with van der Waals surface area (Å²) in [6.45, 7) is 2.86. The third-order valence-corrected chi connectivity index (χ3v) is 6.03. The summed E-state index contributed by atoms with van der Waals surface area (Å²) < 4.78 is 12.3. The van der Waals surface area contributed by atoms with E-state index in [4.69, 9.17) is 9.47 Å². The minimum Gasteiger partial charge on any atom is -0.493 e. The number of aromatic nitrogens is 1. The van der Waals surface area contributed by atoms with E-state index in [1.807, 2.05) is 47.8 Å². The van der Waals surface area contributed by atoms with Crippen molar-refractivity contribution < 1.29 is 14.3 Å². The summed E-state index contributed by atoms with van der Waals surface area (Å²) >= 11 is 4.82. The third-order valence-electron chi connectivity index (χ3n) is 4.74. The van der Waals surface area contributed by atoms with Crippen LogP contribution in [0.15, 0.2) is 58.4 Å². The first-order chi connectivity index (χ1) is 15.6. The molecule has 3 aromatic rings. The molecule has 0 spiro atoms. The molecule has 0 fully saturated rings. The first-order valence-corrected chi connectivity index (χ1v) is 12.3. The molecule has 3 rings (SSSR count). The van der Waals surface area contributed by atoms with Crippen molar-refractivity contribution in [2.24, 2.45) is 0 Å². The van der Waals surface area contributed by atoms with Crippen LogP contribution in [0.1, 0.15) is 38.2 Å². The Morgan fingerprint density at radius 3 is 2.69 bits per heavy atom. The Labute approximate surface area is 201 Å². The van der Waals surface area contributed by atoms with Crippen molar-refractivity contribution in [3.05, 3.63) is 64.0 Å². The van der Waals surface area contributed by atoms with Gasteiger partial charge in [0.1, 0.15) is 0 Å². The molecule has 0 aliphatic rings. The molecule has 1 heterocycles. The Morgan fingerprint density at radius 2 is 1.94 bits per heavy atom. The monoisotopic (exact) mass is 514 g/mol. The maximum absolute atomic E-state index is 12.3. The average molecular weight is 515 g/mol. The predicted molar refractivity (Wildman–Crippen MR) is 136 cm³/mol. The molecule has 0 unspecified atom stereocenters. The number of thiazole rings is 1. The first kappa shape index (κ1) is 24.0. The van der Waals surface area contributed by atoms with Crippen LogP contribution in [0.5, 0.6) is 11.5 Å². The van der Waals surface area contributed by atoms with Crippen molar-refractivity contribution in [2.45, 2.75) is 32.6 Å². The highest BCUT2D eigenvalue weighted by molar-refractivity contribution is 9.10. The summed E-state index contributed by atoms with van der Waals surface area (Å²) in [6, 6.07) is 13.5. The molecule has 7 heteroatoms. The Hall–Kier alpha value is -2.64. The molecule has 0 saturated carbocycles. The van der Waals surface area contributed by atoms with Gasteiger partial charge in [-0.25, -0.2) is 4.98 Å². The van der Waals surface area contributed by atoms with E-state index in [1.54, 1.807) is 13.2 Å². The zero-order chi connectivity index (χ0) is 22.8. The number of unbranched alkanes of at least 4 members (excludes halogenated alkanes) is 3. The lowest BCUT2D eigenvalue weighted by Gasteiger charge is -2.11. The zero-order valence-corrected chi connectivity index (χ0v) is 20.7. The number of nitrogens with one attached hydrogen (secondary N) is 1. The van der Waals surface area contributed by atoms with Crippen molar-refractivity contribution in [1.82, 2.24) is 4.98 Å². The van der Waals surface area contributed by atoms with E-state index < -0.39 is 0 Å². The maximum atomic E-state index is 12.3. The van der Waals surface area contributed by atoms with Gasteiger partial charge in [-0.3, -0.25) is 10.1 Å². The van der Waals surface area contributed by atoms with Gasteiger partial charge in [0, 0.05) is 21.5 Å². The number of rotatable bonds is 11. The molecular formula is C25H27BrN2O3S. The summed E-state index contributed by atoms with van der Waals surface area (Å²) in [7, 11) is 1.62. The van der Waals surface area contributed by atoms with E-state index in [1.165, 1.54) is 36.7 Å². The highest BCUT2D eigenvalue weighted by Crippen LogP contribution is 2.29. The van der Waals surface area contributed by atoms with E-state index in [0.717, 1.165) is 27.7 Å². The average Bonchev–Trinajstić information content (AvgIpc) is 3.26. The molecule has 0 atom stereocenters. The van der Waals surface area contributed by atoms with Crippen molar-refractivity contribution in [3.8, 4) is 22.8 Å². The maximum Gasteiger partial charge on any atom is 0.250 e. The van der Waals surface area contributed by atoms with E-state index in [2.05, 4.69) is 33.2 Å². The normalized spacial score (nSPS) is 11.0. The highest BCUT2D eigenvalue weighted by Gasteiger charge is 2.08. The fourth-order valence-corrected chi connectivity index (χ4v) is 4.01. The molecular weight excluding hydrogens is 488 g/mol. The number of nitrogens with zero attached hydrogens (tertiary/aromatic N) is 1. The molecule has 0 radical (unpaired) electrons.